The fraction of sp³-hybridized carbons (Fsp3) is 0.188. The molecule has 0 bridgehead atoms. The van der Waals surface area contributed by atoms with E-state index in [0.717, 1.165) is 11.3 Å². The highest BCUT2D eigenvalue weighted by molar-refractivity contribution is 7.92. The first-order chi connectivity index (χ1) is 12.0. The molecule has 0 saturated carbocycles. The molecule has 3 aromatic rings. The molecule has 0 amide bonds. The molecule has 0 spiro atoms. The molecule has 1 aromatic carbocycles. The number of nitrogens with zero attached hydrogens (tertiary/aromatic N) is 4. The van der Waals surface area contributed by atoms with Crippen molar-refractivity contribution in [2.24, 2.45) is 0 Å². The van der Waals surface area contributed by atoms with Gasteiger partial charge in [-0.1, -0.05) is 23.4 Å². The molecule has 0 radical (unpaired) electrons. The first kappa shape index (κ1) is 17.1. The van der Waals surface area contributed by atoms with Crippen molar-refractivity contribution in [3.8, 4) is 0 Å². The Kier molecular flexibility index (Phi) is 5.05. The van der Waals surface area contributed by atoms with Gasteiger partial charge in [-0.3, -0.25) is 4.90 Å². The van der Waals surface area contributed by atoms with Gasteiger partial charge in [-0.15, -0.1) is 0 Å². The highest BCUT2D eigenvalue weighted by Gasteiger charge is 2.15. The first-order valence-electron chi connectivity index (χ1n) is 7.49. The summed E-state index contributed by atoms with van der Waals surface area (Å²) in [4.78, 5) is 10.3. The predicted octanol–water partition coefficient (Wildman–Crippen LogP) is 1.90. The zero-order valence-corrected chi connectivity index (χ0v) is 14.3. The van der Waals surface area contributed by atoms with Crippen LogP contribution in [0.3, 0.4) is 0 Å². The van der Waals surface area contributed by atoms with Gasteiger partial charge < -0.3 is 4.52 Å². The van der Waals surface area contributed by atoms with Crippen LogP contribution in [0.1, 0.15) is 11.3 Å². The fourth-order valence-electron chi connectivity index (χ4n) is 2.23. The fourth-order valence-corrected chi connectivity index (χ4v) is 3.21. The Hall–Kier alpha value is -2.78. The second kappa shape index (κ2) is 7.41. The number of hydrogen-bond donors (Lipinski definition) is 1. The normalized spacial score (nSPS) is 11.6. The van der Waals surface area contributed by atoms with E-state index < -0.39 is 10.0 Å². The van der Waals surface area contributed by atoms with Crippen molar-refractivity contribution < 1.29 is 12.9 Å². The third-order valence-electron chi connectivity index (χ3n) is 3.36. The van der Waals surface area contributed by atoms with Gasteiger partial charge >= 0.3 is 0 Å². The molecule has 2 aromatic heterocycles. The largest absolute Gasteiger partial charge is 0.364 e. The molecule has 130 valence electrons. The van der Waals surface area contributed by atoms with Crippen molar-refractivity contribution in [2.75, 3.05) is 11.8 Å². The van der Waals surface area contributed by atoms with Crippen LogP contribution in [0.2, 0.25) is 0 Å². The minimum atomic E-state index is -3.69. The van der Waals surface area contributed by atoms with E-state index in [2.05, 4.69) is 19.8 Å². The zero-order chi connectivity index (χ0) is 17.7. The average Bonchev–Trinajstić information content (AvgIpc) is 3.10. The van der Waals surface area contributed by atoms with E-state index in [4.69, 9.17) is 4.52 Å². The second-order valence-corrected chi connectivity index (χ2v) is 7.18. The van der Waals surface area contributed by atoms with Gasteiger partial charge in [0.2, 0.25) is 5.95 Å². The summed E-state index contributed by atoms with van der Waals surface area (Å²) in [7, 11) is -1.76. The maximum Gasteiger partial charge on any atom is 0.264 e. The lowest BCUT2D eigenvalue weighted by Crippen LogP contribution is -2.18. The van der Waals surface area contributed by atoms with Gasteiger partial charge in [-0.25, -0.2) is 23.1 Å². The lowest BCUT2D eigenvalue weighted by atomic mass is 10.3. The molecule has 0 aliphatic heterocycles. The Labute approximate surface area is 145 Å². The van der Waals surface area contributed by atoms with E-state index >= 15 is 0 Å². The quantitative estimate of drug-likeness (QED) is 0.687. The molecule has 3 rings (SSSR count). The maximum absolute atomic E-state index is 12.2. The number of benzene rings is 1. The van der Waals surface area contributed by atoms with Crippen LogP contribution in [0.5, 0.6) is 0 Å². The summed E-state index contributed by atoms with van der Waals surface area (Å²) >= 11 is 0. The number of hydrogen-bond acceptors (Lipinski definition) is 7. The molecule has 0 aliphatic carbocycles. The van der Waals surface area contributed by atoms with Crippen molar-refractivity contribution in [3.63, 3.8) is 0 Å². The Bertz CT molecular complexity index is 897. The Morgan fingerprint density at radius 1 is 1.08 bits per heavy atom. The summed E-state index contributed by atoms with van der Waals surface area (Å²) in [5.74, 6) is 0.0340. The number of rotatable bonds is 7. The average molecular weight is 359 g/mol. The third-order valence-corrected chi connectivity index (χ3v) is 4.70. The SMILES string of the molecule is CN(Cc1cnc(NS(=O)(=O)c2ccccc2)nc1)Cc1ccon1. The van der Waals surface area contributed by atoms with E-state index in [0.29, 0.717) is 13.1 Å². The summed E-state index contributed by atoms with van der Waals surface area (Å²) in [5.41, 5.74) is 1.68. The van der Waals surface area contributed by atoms with Gasteiger partial charge in [0.15, 0.2) is 0 Å². The molecule has 9 heteroatoms. The minimum Gasteiger partial charge on any atom is -0.364 e. The highest BCUT2D eigenvalue weighted by atomic mass is 32.2. The maximum atomic E-state index is 12.2. The predicted molar refractivity (Wildman–Crippen MR) is 91.0 cm³/mol. The summed E-state index contributed by atoms with van der Waals surface area (Å²) in [6.07, 6.45) is 4.71. The van der Waals surface area contributed by atoms with E-state index in [1.165, 1.54) is 18.4 Å². The third kappa shape index (κ3) is 4.61. The second-order valence-electron chi connectivity index (χ2n) is 5.50. The van der Waals surface area contributed by atoms with E-state index in [-0.39, 0.29) is 10.8 Å². The van der Waals surface area contributed by atoms with Crippen LogP contribution in [0, 0.1) is 0 Å². The molecule has 0 atom stereocenters. The summed E-state index contributed by atoms with van der Waals surface area (Å²) in [5, 5.41) is 3.86. The van der Waals surface area contributed by atoms with Crippen molar-refractivity contribution in [2.45, 2.75) is 18.0 Å². The lowest BCUT2D eigenvalue weighted by Gasteiger charge is -2.14. The van der Waals surface area contributed by atoms with Crippen LogP contribution in [-0.4, -0.2) is 35.5 Å². The van der Waals surface area contributed by atoms with Crippen LogP contribution in [0.4, 0.5) is 5.95 Å². The van der Waals surface area contributed by atoms with E-state index in [1.54, 1.807) is 36.7 Å². The highest BCUT2D eigenvalue weighted by Crippen LogP contribution is 2.13. The summed E-state index contributed by atoms with van der Waals surface area (Å²) in [6.45, 7) is 1.22. The van der Waals surface area contributed by atoms with Crippen molar-refractivity contribution in [1.82, 2.24) is 20.0 Å². The van der Waals surface area contributed by atoms with Gasteiger partial charge in [-0.2, -0.15) is 0 Å². The standard InChI is InChI=1S/C16H17N5O3S/c1-21(12-14-7-8-24-19-14)11-13-9-17-16(18-10-13)20-25(22,23)15-5-3-2-4-6-15/h2-10H,11-12H2,1H3,(H,17,18,20). The van der Waals surface area contributed by atoms with Gasteiger partial charge in [0.25, 0.3) is 10.0 Å². The molecule has 25 heavy (non-hydrogen) atoms. The number of nitrogens with one attached hydrogen (secondary N) is 1. The van der Waals surface area contributed by atoms with Gasteiger partial charge in [-0.05, 0) is 19.2 Å². The smallest absolute Gasteiger partial charge is 0.264 e. The number of aromatic nitrogens is 3. The molecule has 8 nitrogen and oxygen atoms in total. The zero-order valence-electron chi connectivity index (χ0n) is 13.5. The Morgan fingerprint density at radius 3 is 2.44 bits per heavy atom. The topological polar surface area (TPSA) is 101 Å². The molecule has 0 saturated heterocycles. The van der Waals surface area contributed by atoms with Crippen LogP contribution in [-0.2, 0) is 23.1 Å². The molecular formula is C16H17N5O3S. The Morgan fingerprint density at radius 2 is 1.80 bits per heavy atom. The number of anilines is 1. The van der Waals surface area contributed by atoms with Crippen LogP contribution in [0.25, 0.3) is 0 Å². The molecular weight excluding hydrogens is 342 g/mol. The molecule has 0 aliphatic rings. The van der Waals surface area contributed by atoms with Crippen LogP contribution < -0.4 is 4.72 Å². The summed E-state index contributed by atoms with van der Waals surface area (Å²) in [6, 6.07) is 9.88. The minimum absolute atomic E-state index is 0.0340. The van der Waals surface area contributed by atoms with Crippen LogP contribution in [0.15, 0.2) is 64.5 Å². The molecule has 0 unspecified atom stereocenters. The van der Waals surface area contributed by atoms with Crippen molar-refractivity contribution >= 4 is 16.0 Å². The Balaban J connectivity index is 1.62. The molecule has 0 fully saturated rings. The monoisotopic (exact) mass is 359 g/mol. The summed E-state index contributed by atoms with van der Waals surface area (Å²) < 4.78 is 31.6. The first-order valence-corrected chi connectivity index (χ1v) is 8.98. The van der Waals surface area contributed by atoms with Gasteiger partial charge in [0.05, 0.1) is 10.6 Å². The van der Waals surface area contributed by atoms with Gasteiger partial charge in [0.1, 0.15) is 6.26 Å². The van der Waals surface area contributed by atoms with Crippen LogP contribution >= 0.6 is 0 Å². The van der Waals surface area contributed by atoms with E-state index in [9.17, 15) is 8.42 Å². The lowest BCUT2D eigenvalue weighted by molar-refractivity contribution is 0.303. The molecule has 1 N–H and O–H groups in total. The van der Waals surface area contributed by atoms with Crippen molar-refractivity contribution in [1.29, 1.82) is 0 Å². The van der Waals surface area contributed by atoms with E-state index in [1.807, 2.05) is 11.9 Å². The number of sulfonamides is 1. The van der Waals surface area contributed by atoms with Crippen molar-refractivity contribution in [3.05, 3.63) is 66.3 Å². The van der Waals surface area contributed by atoms with Gasteiger partial charge in [0, 0.05) is 37.1 Å². The molecule has 2 heterocycles.